The van der Waals surface area contributed by atoms with E-state index >= 15 is 0 Å². The molecule has 2 heterocycles. The van der Waals surface area contributed by atoms with E-state index in [1.807, 2.05) is 57.2 Å². The van der Waals surface area contributed by atoms with Crippen molar-refractivity contribution in [3.63, 3.8) is 0 Å². The standard InChI is InChI=1S/C23H26N4O3S2/c1-14(2)13-30-22(29)21-15(3)24-23(32-21)27-19(28)10-11-31-20-12-18(25-16(4)26-20)17-8-6-5-7-9-17/h5-9,12,14H,10-11,13H2,1-4H3,(H,24,27,28). The Labute approximate surface area is 196 Å². The minimum Gasteiger partial charge on any atom is -0.461 e. The molecule has 1 amide bonds. The van der Waals surface area contributed by atoms with Crippen LogP contribution in [0.2, 0.25) is 0 Å². The molecular weight excluding hydrogens is 444 g/mol. The maximum Gasteiger partial charge on any atom is 0.350 e. The number of nitrogens with zero attached hydrogens (tertiary/aromatic N) is 3. The van der Waals surface area contributed by atoms with E-state index in [1.54, 1.807) is 6.92 Å². The summed E-state index contributed by atoms with van der Waals surface area (Å²) < 4.78 is 5.26. The van der Waals surface area contributed by atoms with Gasteiger partial charge in [-0.25, -0.2) is 19.7 Å². The van der Waals surface area contributed by atoms with Crippen LogP contribution >= 0.6 is 23.1 Å². The molecule has 9 heteroatoms. The highest BCUT2D eigenvalue weighted by Gasteiger charge is 2.18. The summed E-state index contributed by atoms with van der Waals surface area (Å²) in [5.41, 5.74) is 2.44. The fourth-order valence-corrected chi connectivity index (χ4v) is 4.51. The second kappa shape index (κ2) is 11.2. The Morgan fingerprint density at radius 2 is 1.88 bits per heavy atom. The maximum atomic E-state index is 12.4. The molecule has 0 fully saturated rings. The number of thiazole rings is 1. The highest BCUT2D eigenvalue weighted by molar-refractivity contribution is 7.99. The van der Waals surface area contributed by atoms with E-state index < -0.39 is 5.97 Å². The molecule has 0 unspecified atom stereocenters. The molecule has 1 aromatic carbocycles. The molecule has 0 saturated heterocycles. The normalized spacial score (nSPS) is 10.9. The smallest absolute Gasteiger partial charge is 0.350 e. The first-order valence-corrected chi connectivity index (χ1v) is 12.1. The zero-order valence-corrected chi connectivity index (χ0v) is 20.2. The lowest BCUT2D eigenvalue weighted by molar-refractivity contribution is -0.115. The minimum atomic E-state index is -0.405. The number of nitrogens with one attached hydrogen (secondary N) is 1. The zero-order chi connectivity index (χ0) is 23.1. The molecule has 7 nitrogen and oxygen atoms in total. The fourth-order valence-electron chi connectivity index (χ4n) is 2.75. The number of anilines is 1. The largest absolute Gasteiger partial charge is 0.461 e. The predicted molar refractivity (Wildman–Crippen MR) is 128 cm³/mol. The quantitative estimate of drug-likeness (QED) is 0.262. The van der Waals surface area contributed by atoms with E-state index in [0.29, 0.717) is 40.3 Å². The highest BCUT2D eigenvalue weighted by atomic mass is 32.2. The van der Waals surface area contributed by atoms with Crippen LogP contribution in [0, 0.1) is 19.8 Å². The van der Waals surface area contributed by atoms with E-state index in [0.717, 1.165) is 27.6 Å². The molecule has 2 aromatic heterocycles. The van der Waals surface area contributed by atoms with Gasteiger partial charge >= 0.3 is 5.97 Å². The van der Waals surface area contributed by atoms with Crippen molar-refractivity contribution >= 4 is 40.1 Å². The average Bonchev–Trinajstić information content (AvgIpc) is 3.12. The van der Waals surface area contributed by atoms with Gasteiger partial charge in [0.15, 0.2) is 5.13 Å². The number of benzene rings is 1. The number of aromatic nitrogens is 3. The lowest BCUT2D eigenvalue weighted by atomic mass is 10.1. The van der Waals surface area contributed by atoms with Crippen molar-refractivity contribution in [1.82, 2.24) is 15.0 Å². The van der Waals surface area contributed by atoms with E-state index in [9.17, 15) is 9.59 Å². The molecule has 168 valence electrons. The third kappa shape index (κ3) is 6.86. The molecule has 0 aliphatic carbocycles. The number of ether oxygens (including phenoxy) is 1. The van der Waals surface area contributed by atoms with Gasteiger partial charge in [0.05, 0.1) is 18.0 Å². The lowest BCUT2D eigenvalue weighted by Crippen LogP contribution is -2.12. The van der Waals surface area contributed by atoms with Crippen LogP contribution in [-0.2, 0) is 9.53 Å². The molecule has 0 bridgehead atoms. The summed E-state index contributed by atoms with van der Waals surface area (Å²) in [6, 6.07) is 11.9. The number of esters is 1. The topological polar surface area (TPSA) is 94.1 Å². The first-order valence-electron chi connectivity index (χ1n) is 10.3. The monoisotopic (exact) mass is 470 g/mol. The Morgan fingerprint density at radius 1 is 1.12 bits per heavy atom. The van der Waals surface area contributed by atoms with Crippen LogP contribution in [0.4, 0.5) is 5.13 Å². The Morgan fingerprint density at radius 3 is 2.59 bits per heavy atom. The number of carbonyl (C=O) groups excluding carboxylic acids is 2. The Bertz CT molecular complexity index is 1080. The van der Waals surface area contributed by atoms with E-state index in [2.05, 4.69) is 20.3 Å². The van der Waals surface area contributed by atoms with Gasteiger partial charge in [-0.3, -0.25) is 4.79 Å². The summed E-state index contributed by atoms with van der Waals surface area (Å²) in [7, 11) is 0. The Hall–Kier alpha value is -2.78. The van der Waals surface area contributed by atoms with Gasteiger partial charge in [-0.1, -0.05) is 55.5 Å². The summed E-state index contributed by atoms with van der Waals surface area (Å²) in [5.74, 6) is 0.935. The molecule has 1 N–H and O–H groups in total. The molecule has 32 heavy (non-hydrogen) atoms. The SMILES string of the molecule is Cc1nc(SCCC(=O)Nc2nc(C)c(C(=O)OCC(C)C)s2)cc(-c2ccccc2)n1. The van der Waals surface area contributed by atoms with Crippen LogP contribution < -0.4 is 5.32 Å². The summed E-state index contributed by atoms with van der Waals surface area (Å²) in [4.78, 5) is 38.2. The summed E-state index contributed by atoms with van der Waals surface area (Å²) in [6.45, 7) is 7.89. The molecule has 0 aliphatic rings. The van der Waals surface area contributed by atoms with Crippen LogP contribution in [0.5, 0.6) is 0 Å². The second-order valence-corrected chi connectivity index (χ2v) is 9.69. The molecule has 0 saturated carbocycles. The van der Waals surface area contributed by atoms with Gasteiger partial charge in [-0.05, 0) is 25.8 Å². The molecule has 0 aliphatic heterocycles. The van der Waals surface area contributed by atoms with Gasteiger partial charge in [0.25, 0.3) is 0 Å². The predicted octanol–water partition coefficient (Wildman–Crippen LogP) is 5.15. The van der Waals surface area contributed by atoms with Crippen molar-refractivity contribution in [2.75, 3.05) is 17.7 Å². The van der Waals surface area contributed by atoms with Crippen molar-refractivity contribution in [3.05, 3.63) is 52.8 Å². The summed E-state index contributed by atoms with van der Waals surface area (Å²) >= 11 is 2.64. The fraction of sp³-hybridized carbons (Fsp3) is 0.348. The molecule has 0 radical (unpaired) electrons. The number of hydrogen-bond acceptors (Lipinski definition) is 8. The molecule has 0 atom stereocenters. The van der Waals surface area contributed by atoms with Gasteiger partial charge in [-0.2, -0.15) is 0 Å². The molecule has 3 rings (SSSR count). The zero-order valence-electron chi connectivity index (χ0n) is 18.5. The summed E-state index contributed by atoms with van der Waals surface area (Å²) in [5, 5.41) is 4.00. The molecule has 3 aromatic rings. The van der Waals surface area contributed by atoms with Gasteiger partial charge in [0.2, 0.25) is 5.91 Å². The van der Waals surface area contributed by atoms with Crippen molar-refractivity contribution in [2.24, 2.45) is 5.92 Å². The number of aryl methyl sites for hydroxylation is 2. The first kappa shape index (κ1) is 23.9. The number of carbonyl (C=O) groups is 2. The van der Waals surface area contributed by atoms with Crippen LogP contribution in [0.3, 0.4) is 0 Å². The van der Waals surface area contributed by atoms with Crippen molar-refractivity contribution in [3.8, 4) is 11.3 Å². The van der Waals surface area contributed by atoms with Crippen LogP contribution in [0.25, 0.3) is 11.3 Å². The average molecular weight is 471 g/mol. The third-order valence-corrected chi connectivity index (χ3v) is 6.21. The van der Waals surface area contributed by atoms with Crippen LogP contribution in [-0.4, -0.2) is 39.2 Å². The summed E-state index contributed by atoms with van der Waals surface area (Å²) in [6.07, 6.45) is 0.292. The third-order valence-electron chi connectivity index (χ3n) is 4.24. The Balaban J connectivity index is 1.53. The first-order chi connectivity index (χ1) is 15.3. The number of hydrogen-bond donors (Lipinski definition) is 1. The number of amides is 1. The van der Waals surface area contributed by atoms with Crippen molar-refractivity contribution < 1.29 is 14.3 Å². The van der Waals surface area contributed by atoms with Gasteiger partial charge < -0.3 is 10.1 Å². The molecule has 0 spiro atoms. The van der Waals surface area contributed by atoms with E-state index in [4.69, 9.17) is 4.74 Å². The van der Waals surface area contributed by atoms with Crippen LogP contribution in [0.1, 0.15) is 41.5 Å². The number of thioether (sulfide) groups is 1. The van der Waals surface area contributed by atoms with Crippen molar-refractivity contribution in [2.45, 2.75) is 39.1 Å². The van der Waals surface area contributed by atoms with Gasteiger partial charge in [0, 0.05) is 17.7 Å². The van der Waals surface area contributed by atoms with Crippen molar-refractivity contribution in [1.29, 1.82) is 0 Å². The maximum absolute atomic E-state index is 12.4. The Kier molecular flexibility index (Phi) is 8.35. The van der Waals surface area contributed by atoms with Gasteiger partial charge in [-0.15, -0.1) is 11.8 Å². The van der Waals surface area contributed by atoms with E-state index in [1.165, 1.54) is 11.8 Å². The minimum absolute atomic E-state index is 0.164. The van der Waals surface area contributed by atoms with Crippen LogP contribution in [0.15, 0.2) is 41.4 Å². The molecular formula is C23H26N4O3S2. The van der Waals surface area contributed by atoms with E-state index in [-0.39, 0.29) is 11.8 Å². The lowest BCUT2D eigenvalue weighted by Gasteiger charge is -2.06. The second-order valence-electron chi connectivity index (χ2n) is 7.58. The highest BCUT2D eigenvalue weighted by Crippen LogP contribution is 2.25. The number of rotatable bonds is 9. The van der Waals surface area contributed by atoms with Gasteiger partial charge in [0.1, 0.15) is 15.7 Å².